The zero-order valence-corrected chi connectivity index (χ0v) is 18.6. The van der Waals surface area contributed by atoms with Gasteiger partial charge >= 0.3 is 0 Å². The van der Waals surface area contributed by atoms with Crippen molar-refractivity contribution in [1.29, 1.82) is 0 Å². The van der Waals surface area contributed by atoms with Crippen LogP contribution in [-0.2, 0) is 4.79 Å². The van der Waals surface area contributed by atoms with Gasteiger partial charge < -0.3 is 15.4 Å². The van der Waals surface area contributed by atoms with Crippen LogP contribution in [0.5, 0.6) is 11.5 Å². The van der Waals surface area contributed by atoms with Crippen molar-refractivity contribution in [2.75, 3.05) is 17.7 Å². The van der Waals surface area contributed by atoms with Crippen LogP contribution in [0.2, 0.25) is 0 Å². The molecule has 34 heavy (non-hydrogen) atoms. The molecular formula is C25H21N7O2. The van der Waals surface area contributed by atoms with Gasteiger partial charge in [0, 0.05) is 24.0 Å². The fraction of sp³-hybridized carbons (Fsp3) is 0.0800. The van der Waals surface area contributed by atoms with Gasteiger partial charge in [-0.25, -0.2) is 9.50 Å². The van der Waals surface area contributed by atoms with Crippen LogP contribution in [0.25, 0.3) is 5.65 Å². The maximum Gasteiger partial charge on any atom is 0.300 e. The second-order valence-electron chi connectivity index (χ2n) is 6.97. The van der Waals surface area contributed by atoms with Gasteiger partial charge in [-0.15, -0.1) is 0 Å². The number of aromatic nitrogens is 3. The van der Waals surface area contributed by atoms with E-state index in [1.807, 2.05) is 36.4 Å². The molecule has 2 aromatic carbocycles. The Kier molecular flexibility index (Phi) is 6.60. The van der Waals surface area contributed by atoms with Crippen molar-refractivity contribution in [2.45, 2.75) is 6.92 Å². The molecular weight excluding hydrogens is 430 g/mol. The first kappa shape index (κ1) is 22.2. The molecule has 0 saturated heterocycles. The SMILES string of the molecule is C=Nc1ccc(NC(=O)C#CC)cc1/C(=N\C)Nc1ccc(Oc2ccc3ncnn3c2)cc1. The van der Waals surface area contributed by atoms with Crippen LogP contribution in [0.3, 0.4) is 0 Å². The number of ether oxygens (including phenoxy) is 1. The van der Waals surface area contributed by atoms with E-state index >= 15 is 0 Å². The number of pyridine rings is 1. The van der Waals surface area contributed by atoms with E-state index in [1.165, 1.54) is 6.33 Å². The van der Waals surface area contributed by atoms with Crippen molar-refractivity contribution in [3.8, 4) is 23.3 Å². The molecule has 0 saturated carbocycles. The molecule has 9 heteroatoms. The smallest absolute Gasteiger partial charge is 0.300 e. The Morgan fingerprint density at radius 2 is 1.82 bits per heavy atom. The van der Waals surface area contributed by atoms with Crippen LogP contribution >= 0.6 is 0 Å². The molecule has 0 aliphatic carbocycles. The number of nitrogens with zero attached hydrogens (tertiary/aromatic N) is 5. The average molecular weight is 451 g/mol. The summed E-state index contributed by atoms with van der Waals surface area (Å²) < 4.78 is 7.56. The minimum Gasteiger partial charge on any atom is -0.456 e. The lowest BCUT2D eigenvalue weighted by atomic mass is 10.1. The summed E-state index contributed by atoms with van der Waals surface area (Å²) in [7, 11) is 1.67. The van der Waals surface area contributed by atoms with Crippen LogP contribution in [0.15, 0.2) is 77.1 Å². The maximum absolute atomic E-state index is 11.8. The van der Waals surface area contributed by atoms with E-state index in [1.54, 1.807) is 42.9 Å². The number of amides is 1. The molecule has 0 unspecified atom stereocenters. The monoisotopic (exact) mass is 451 g/mol. The number of benzene rings is 2. The van der Waals surface area contributed by atoms with Crippen molar-refractivity contribution < 1.29 is 9.53 Å². The fourth-order valence-corrected chi connectivity index (χ4v) is 3.20. The minimum atomic E-state index is -0.394. The molecule has 2 N–H and O–H groups in total. The van der Waals surface area contributed by atoms with Gasteiger partial charge in [0.05, 0.1) is 11.9 Å². The zero-order chi connectivity index (χ0) is 23.9. The summed E-state index contributed by atoms with van der Waals surface area (Å²) in [5, 5.41) is 10.1. The summed E-state index contributed by atoms with van der Waals surface area (Å²) in [4.78, 5) is 24.4. The van der Waals surface area contributed by atoms with Crippen molar-refractivity contribution in [3.63, 3.8) is 0 Å². The zero-order valence-electron chi connectivity index (χ0n) is 18.6. The summed E-state index contributed by atoms with van der Waals surface area (Å²) in [6.45, 7) is 5.24. The normalized spacial score (nSPS) is 10.8. The van der Waals surface area contributed by atoms with Gasteiger partial charge in [0.2, 0.25) is 0 Å². The quantitative estimate of drug-likeness (QED) is 0.258. The lowest BCUT2D eigenvalue weighted by Crippen LogP contribution is -2.15. The average Bonchev–Trinajstić information content (AvgIpc) is 3.32. The van der Waals surface area contributed by atoms with Crippen molar-refractivity contribution >= 4 is 41.2 Å². The van der Waals surface area contributed by atoms with Gasteiger partial charge in [0.1, 0.15) is 23.7 Å². The maximum atomic E-state index is 11.8. The first-order valence-corrected chi connectivity index (χ1v) is 10.3. The van der Waals surface area contributed by atoms with Crippen molar-refractivity contribution in [3.05, 3.63) is 72.7 Å². The van der Waals surface area contributed by atoms with E-state index in [2.05, 4.69) is 49.3 Å². The van der Waals surface area contributed by atoms with Crippen LogP contribution in [0.1, 0.15) is 12.5 Å². The minimum absolute atomic E-state index is 0.394. The standard InChI is InChI=1S/C25H21N7O2/c1-4-5-24(33)30-18-8-12-22(26-2)21(14-18)25(27-3)31-17-6-9-19(10-7-17)34-20-11-13-23-28-16-29-32(23)15-20/h6-16H,2H2,1,3H3,(H,27,31)(H,30,33). The number of carbonyl (C=O) groups is 1. The van der Waals surface area contributed by atoms with Crippen LogP contribution in [-0.4, -0.2) is 40.1 Å². The Bertz CT molecular complexity index is 1440. The molecule has 1 amide bonds. The molecule has 0 aliphatic heterocycles. The highest BCUT2D eigenvalue weighted by Crippen LogP contribution is 2.26. The second kappa shape index (κ2) is 10.1. The molecule has 2 aromatic heterocycles. The van der Waals surface area contributed by atoms with Gasteiger partial charge in [-0.1, -0.05) is 5.92 Å². The first-order chi connectivity index (χ1) is 16.6. The van der Waals surface area contributed by atoms with Crippen molar-refractivity contribution in [1.82, 2.24) is 14.6 Å². The highest BCUT2D eigenvalue weighted by Gasteiger charge is 2.12. The molecule has 0 atom stereocenters. The molecule has 0 bridgehead atoms. The molecule has 4 rings (SSSR count). The van der Waals surface area contributed by atoms with Gasteiger partial charge in [-0.3, -0.25) is 14.8 Å². The Morgan fingerprint density at radius 3 is 2.56 bits per heavy atom. The Balaban J connectivity index is 1.51. The lowest BCUT2D eigenvalue weighted by molar-refractivity contribution is -0.111. The Labute approximate surface area is 196 Å². The number of aliphatic imine (C=N–C) groups is 2. The lowest BCUT2D eigenvalue weighted by Gasteiger charge is -2.14. The summed E-state index contributed by atoms with van der Waals surface area (Å²) in [5.41, 5.74) is 3.41. The number of amidine groups is 1. The third-order valence-electron chi connectivity index (χ3n) is 4.74. The molecule has 0 radical (unpaired) electrons. The number of rotatable bonds is 6. The Morgan fingerprint density at radius 1 is 1.06 bits per heavy atom. The van der Waals surface area contributed by atoms with E-state index in [0.717, 1.165) is 11.3 Å². The molecule has 9 nitrogen and oxygen atoms in total. The van der Waals surface area contributed by atoms with E-state index in [4.69, 9.17) is 4.74 Å². The summed E-state index contributed by atoms with van der Waals surface area (Å²) in [6, 6.07) is 16.4. The highest BCUT2D eigenvalue weighted by atomic mass is 16.5. The largest absolute Gasteiger partial charge is 0.456 e. The van der Waals surface area contributed by atoms with E-state index < -0.39 is 5.91 Å². The number of nitrogens with one attached hydrogen (secondary N) is 2. The van der Waals surface area contributed by atoms with E-state index in [9.17, 15) is 4.79 Å². The molecule has 4 aromatic rings. The Hall–Kier alpha value is -4.97. The second-order valence-corrected chi connectivity index (χ2v) is 6.97. The summed E-state index contributed by atoms with van der Waals surface area (Å²) in [5.74, 6) is 6.50. The summed E-state index contributed by atoms with van der Waals surface area (Å²) in [6.07, 6.45) is 3.25. The number of anilines is 2. The molecule has 2 heterocycles. The number of hydrogen-bond acceptors (Lipinski definition) is 6. The number of fused-ring (bicyclic) bond motifs is 1. The van der Waals surface area contributed by atoms with Crippen LogP contribution in [0.4, 0.5) is 17.1 Å². The van der Waals surface area contributed by atoms with Gasteiger partial charge in [0.25, 0.3) is 5.91 Å². The third-order valence-corrected chi connectivity index (χ3v) is 4.74. The predicted molar refractivity (Wildman–Crippen MR) is 133 cm³/mol. The van der Waals surface area contributed by atoms with E-state index in [0.29, 0.717) is 34.3 Å². The van der Waals surface area contributed by atoms with Crippen molar-refractivity contribution in [2.24, 2.45) is 9.98 Å². The topological polar surface area (TPSA) is 105 Å². The molecule has 0 spiro atoms. The number of carbonyl (C=O) groups excluding carboxylic acids is 1. The molecule has 0 aliphatic rings. The fourth-order valence-electron chi connectivity index (χ4n) is 3.20. The van der Waals surface area contributed by atoms with Gasteiger partial charge in [0.15, 0.2) is 5.65 Å². The van der Waals surface area contributed by atoms with Crippen LogP contribution < -0.4 is 15.4 Å². The first-order valence-electron chi connectivity index (χ1n) is 10.3. The predicted octanol–water partition coefficient (Wildman–Crippen LogP) is 4.30. The highest BCUT2D eigenvalue weighted by molar-refractivity contribution is 6.12. The van der Waals surface area contributed by atoms with Gasteiger partial charge in [-0.05, 0) is 74.2 Å². The van der Waals surface area contributed by atoms with Gasteiger partial charge in [-0.2, -0.15) is 5.10 Å². The number of hydrogen-bond donors (Lipinski definition) is 2. The van der Waals surface area contributed by atoms with Crippen LogP contribution in [0, 0.1) is 11.8 Å². The summed E-state index contributed by atoms with van der Waals surface area (Å²) >= 11 is 0. The molecule has 0 fully saturated rings. The molecule has 168 valence electrons. The third kappa shape index (κ3) is 5.08. The van der Waals surface area contributed by atoms with E-state index in [-0.39, 0.29) is 0 Å².